The van der Waals surface area contributed by atoms with Crippen LogP contribution in [0, 0.1) is 5.92 Å². The van der Waals surface area contributed by atoms with Gasteiger partial charge in [-0.3, -0.25) is 9.59 Å². The van der Waals surface area contributed by atoms with E-state index in [1.54, 1.807) is 20.8 Å². The number of alkyl carbamates (subject to hydrolysis) is 1. The van der Waals surface area contributed by atoms with Crippen molar-refractivity contribution in [2.75, 3.05) is 0 Å². The van der Waals surface area contributed by atoms with E-state index in [0.717, 1.165) is 10.0 Å². The third-order valence-corrected chi connectivity index (χ3v) is 7.35. The number of rotatable bonds is 6. The normalized spacial score (nSPS) is 19.2. The molecule has 1 N–H and O–H groups in total. The quantitative estimate of drug-likeness (QED) is 0.366. The maximum atomic E-state index is 12.6. The van der Waals surface area contributed by atoms with Crippen LogP contribution in [0.15, 0.2) is 28.7 Å². The standard InChI is InChI=1S/C21H30BrNO6Si/c1-19(2,3)29-18(26)23-21(30-6,11-13-7-9-14(22)10-8-13)12-15-16(24)27-20(4,5)28-17(15)25/h7-10,15H,11-12,30H2,1-6H3,(H,23,26). The van der Waals surface area contributed by atoms with Gasteiger partial charge in [0.25, 0.3) is 5.79 Å². The Balaban J connectivity index is 2.33. The van der Waals surface area contributed by atoms with E-state index in [-0.39, 0.29) is 6.42 Å². The van der Waals surface area contributed by atoms with Crippen LogP contribution in [0.1, 0.15) is 46.6 Å². The van der Waals surface area contributed by atoms with E-state index in [2.05, 4.69) is 21.2 Å². The summed E-state index contributed by atoms with van der Waals surface area (Å²) in [6.45, 7) is 10.4. The zero-order chi connectivity index (χ0) is 22.7. The molecule has 1 fully saturated rings. The molecule has 1 amide bonds. The number of carbonyl (C=O) groups is 3. The first kappa shape index (κ1) is 24.4. The second-order valence-corrected chi connectivity index (χ2v) is 12.0. The van der Waals surface area contributed by atoms with E-state index >= 15 is 0 Å². The molecule has 1 aliphatic rings. The summed E-state index contributed by atoms with van der Waals surface area (Å²) < 4.78 is 17.0. The lowest BCUT2D eigenvalue weighted by Crippen LogP contribution is -2.58. The molecule has 166 valence electrons. The minimum Gasteiger partial charge on any atom is -0.444 e. The third-order valence-electron chi connectivity index (χ3n) is 4.76. The number of amides is 1. The van der Waals surface area contributed by atoms with E-state index in [9.17, 15) is 14.4 Å². The van der Waals surface area contributed by atoms with Crippen molar-refractivity contribution in [1.29, 1.82) is 0 Å². The van der Waals surface area contributed by atoms with Gasteiger partial charge in [0.05, 0.1) is 0 Å². The topological polar surface area (TPSA) is 90.9 Å². The van der Waals surface area contributed by atoms with Crippen molar-refractivity contribution >= 4 is 43.5 Å². The molecule has 1 aromatic carbocycles. The molecule has 0 aromatic heterocycles. The molecule has 1 aliphatic heterocycles. The number of hydrogen-bond donors (Lipinski definition) is 1. The fraction of sp³-hybridized carbons (Fsp3) is 0.571. The summed E-state index contributed by atoms with van der Waals surface area (Å²) in [7, 11) is -0.986. The molecule has 1 saturated heterocycles. The highest BCUT2D eigenvalue weighted by Gasteiger charge is 2.47. The fourth-order valence-corrected chi connectivity index (χ4v) is 5.04. The number of carbonyl (C=O) groups excluding carboxylic acids is 3. The van der Waals surface area contributed by atoms with Gasteiger partial charge in [0.1, 0.15) is 5.60 Å². The lowest BCUT2D eigenvalue weighted by Gasteiger charge is -2.39. The van der Waals surface area contributed by atoms with Crippen molar-refractivity contribution in [2.24, 2.45) is 5.92 Å². The maximum absolute atomic E-state index is 12.6. The summed E-state index contributed by atoms with van der Waals surface area (Å²) in [5.74, 6) is -3.66. The van der Waals surface area contributed by atoms with E-state index in [1.165, 1.54) is 13.8 Å². The predicted octanol–water partition coefficient (Wildman–Crippen LogP) is 3.27. The number of ether oxygens (including phenoxy) is 3. The SMILES string of the molecule is C[SiH2]C(Cc1ccc(Br)cc1)(CC1C(=O)OC(C)(C)OC1=O)NC(=O)OC(C)(C)C. The Kier molecular flexibility index (Phi) is 7.39. The highest BCUT2D eigenvalue weighted by Crippen LogP contribution is 2.31. The van der Waals surface area contributed by atoms with Crippen LogP contribution in [-0.2, 0) is 30.2 Å². The van der Waals surface area contributed by atoms with Crippen LogP contribution in [0.4, 0.5) is 4.79 Å². The molecular weight excluding hydrogens is 470 g/mol. The van der Waals surface area contributed by atoms with Crippen molar-refractivity contribution in [3.05, 3.63) is 34.3 Å². The van der Waals surface area contributed by atoms with Gasteiger partial charge in [-0.2, -0.15) is 0 Å². The molecule has 1 aromatic rings. The molecule has 0 saturated carbocycles. The number of nitrogens with one attached hydrogen (secondary N) is 1. The van der Waals surface area contributed by atoms with E-state index in [0.29, 0.717) is 6.42 Å². The highest BCUT2D eigenvalue weighted by molar-refractivity contribution is 9.10. The second-order valence-electron chi connectivity index (χ2n) is 9.06. The second kappa shape index (κ2) is 9.09. The smallest absolute Gasteiger partial charge is 0.407 e. The molecule has 7 nitrogen and oxygen atoms in total. The van der Waals surface area contributed by atoms with Gasteiger partial charge >= 0.3 is 18.0 Å². The minimum absolute atomic E-state index is 0.0960. The first-order valence-electron chi connectivity index (χ1n) is 9.95. The number of esters is 2. The average molecular weight is 500 g/mol. The van der Waals surface area contributed by atoms with Crippen molar-refractivity contribution in [3.8, 4) is 0 Å². The molecule has 0 radical (unpaired) electrons. The summed E-state index contributed by atoms with van der Waals surface area (Å²) in [5.41, 5.74) is 0.302. The Morgan fingerprint density at radius 1 is 1.17 bits per heavy atom. The van der Waals surface area contributed by atoms with Gasteiger partial charge in [-0.05, 0) is 51.3 Å². The van der Waals surface area contributed by atoms with Crippen LogP contribution < -0.4 is 5.32 Å². The third kappa shape index (κ3) is 6.83. The molecule has 1 atom stereocenters. The molecule has 2 rings (SSSR count). The maximum Gasteiger partial charge on any atom is 0.407 e. The summed E-state index contributed by atoms with van der Waals surface area (Å²) in [5, 5.41) is 2.20. The van der Waals surface area contributed by atoms with Gasteiger partial charge in [0, 0.05) is 33.0 Å². The lowest BCUT2D eigenvalue weighted by molar-refractivity contribution is -0.240. The van der Waals surface area contributed by atoms with Gasteiger partial charge in [-0.1, -0.05) is 34.6 Å². The van der Waals surface area contributed by atoms with Gasteiger partial charge in [0.2, 0.25) is 0 Å². The Hall–Kier alpha value is -1.87. The molecule has 1 unspecified atom stereocenters. The van der Waals surface area contributed by atoms with Crippen LogP contribution >= 0.6 is 15.9 Å². The van der Waals surface area contributed by atoms with Crippen molar-refractivity contribution in [2.45, 2.75) is 70.6 Å². The van der Waals surface area contributed by atoms with Crippen LogP contribution in [0.3, 0.4) is 0 Å². The summed E-state index contributed by atoms with van der Waals surface area (Å²) in [6, 6.07) is 7.72. The largest absolute Gasteiger partial charge is 0.444 e. The number of halogens is 1. The summed E-state index contributed by atoms with van der Waals surface area (Å²) >= 11 is 3.42. The molecule has 1 heterocycles. The van der Waals surface area contributed by atoms with E-state index in [1.807, 2.05) is 30.8 Å². The van der Waals surface area contributed by atoms with Crippen molar-refractivity contribution in [3.63, 3.8) is 0 Å². The average Bonchev–Trinajstić information content (AvgIpc) is 2.57. The summed E-state index contributed by atoms with van der Waals surface area (Å²) in [4.78, 5) is 37.8. The molecule has 30 heavy (non-hydrogen) atoms. The molecule has 0 aliphatic carbocycles. The number of benzene rings is 1. The lowest BCUT2D eigenvalue weighted by atomic mass is 9.93. The molecular formula is C21H30BrNO6Si. The summed E-state index contributed by atoms with van der Waals surface area (Å²) in [6.07, 6.45) is -0.0200. The molecule has 0 bridgehead atoms. The first-order valence-corrected chi connectivity index (χ1v) is 12.9. The monoisotopic (exact) mass is 499 g/mol. The minimum atomic E-state index is -1.29. The first-order chi connectivity index (χ1) is 13.7. The Bertz CT molecular complexity index is 785. The van der Waals surface area contributed by atoms with Crippen LogP contribution in [0.2, 0.25) is 6.55 Å². The van der Waals surface area contributed by atoms with Crippen molar-refractivity contribution < 1.29 is 28.6 Å². The van der Waals surface area contributed by atoms with Gasteiger partial charge in [0.15, 0.2) is 5.92 Å². The van der Waals surface area contributed by atoms with Crippen molar-refractivity contribution in [1.82, 2.24) is 5.32 Å². The number of hydrogen-bond acceptors (Lipinski definition) is 6. The predicted molar refractivity (Wildman–Crippen MR) is 119 cm³/mol. The Labute approximate surface area is 188 Å². The number of cyclic esters (lactones) is 2. The van der Waals surface area contributed by atoms with Gasteiger partial charge < -0.3 is 19.5 Å². The Morgan fingerprint density at radius 2 is 1.70 bits per heavy atom. The van der Waals surface area contributed by atoms with Crippen LogP contribution in [0.25, 0.3) is 0 Å². The van der Waals surface area contributed by atoms with Crippen LogP contribution in [-0.4, -0.2) is 44.1 Å². The zero-order valence-electron chi connectivity index (χ0n) is 18.3. The van der Waals surface area contributed by atoms with E-state index < -0.39 is 50.0 Å². The zero-order valence-corrected chi connectivity index (χ0v) is 21.3. The van der Waals surface area contributed by atoms with Crippen LogP contribution in [0.5, 0.6) is 0 Å². The van der Waals surface area contributed by atoms with Gasteiger partial charge in [-0.25, -0.2) is 4.79 Å². The highest BCUT2D eigenvalue weighted by atomic mass is 79.9. The van der Waals surface area contributed by atoms with E-state index in [4.69, 9.17) is 14.2 Å². The van der Waals surface area contributed by atoms with Gasteiger partial charge in [-0.15, -0.1) is 0 Å². The Morgan fingerprint density at radius 3 is 2.17 bits per heavy atom. The fourth-order valence-electron chi connectivity index (χ4n) is 3.34. The molecule has 9 heteroatoms. The molecule has 0 spiro atoms.